The fourth-order valence-corrected chi connectivity index (χ4v) is 3.05. The van der Waals surface area contributed by atoms with Crippen LogP contribution in [0.3, 0.4) is 0 Å². The molecule has 0 saturated heterocycles. The maximum absolute atomic E-state index is 10.5. The van der Waals surface area contributed by atoms with Crippen LogP contribution in [0.2, 0.25) is 0 Å². The molecule has 0 aromatic heterocycles. The summed E-state index contributed by atoms with van der Waals surface area (Å²) in [6, 6.07) is 0. The standard InChI is InChI=1S/C16H34O3S.C3H5NO/c1-2-3-4-5-6-7-8-9-10-11-12-13-14-15-16-20(17,18)19;1-2-3(4)5/h2-16H2,1H3,(H,17,18,19);2H,1H2,(H2,4,5). The predicted molar refractivity (Wildman–Crippen MR) is 106 cm³/mol. The lowest BCUT2D eigenvalue weighted by Crippen LogP contribution is -2.04. The van der Waals surface area contributed by atoms with E-state index in [0.717, 1.165) is 18.9 Å². The molecule has 0 unspecified atom stereocenters. The van der Waals surface area contributed by atoms with Crippen LogP contribution >= 0.6 is 0 Å². The van der Waals surface area contributed by atoms with E-state index < -0.39 is 16.0 Å². The van der Waals surface area contributed by atoms with Crippen LogP contribution in [0.25, 0.3) is 0 Å². The lowest BCUT2D eigenvalue weighted by Gasteiger charge is -2.03. The Bertz CT molecular complexity index is 408. The van der Waals surface area contributed by atoms with Crippen molar-refractivity contribution in [1.82, 2.24) is 0 Å². The lowest BCUT2D eigenvalue weighted by atomic mass is 10.0. The first-order chi connectivity index (χ1) is 11.8. The normalized spacial score (nSPS) is 10.8. The molecule has 25 heavy (non-hydrogen) atoms. The summed E-state index contributed by atoms with van der Waals surface area (Å²) in [6.07, 6.45) is 18.4. The molecule has 0 bridgehead atoms. The average Bonchev–Trinajstić information content (AvgIpc) is 2.54. The minimum absolute atomic E-state index is 0.0783. The van der Waals surface area contributed by atoms with E-state index in [2.05, 4.69) is 19.2 Å². The molecule has 0 aromatic carbocycles. The summed E-state index contributed by atoms with van der Waals surface area (Å²) in [7, 11) is -3.74. The second-order valence-electron chi connectivity index (χ2n) is 6.49. The summed E-state index contributed by atoms with van der Waals surface area (Å²) >= 11 is 0. The van der Waals surface area contributed by atoms with Gasteiger partial charge in [0.15, 0.2) is 0 Å². The van der Waals surface area contributed by atoms with Gasteiger partial charge in [0, 0.05) is 0 Å². The highest BCUT2D eigenvalue weighted by Gasteiger charge is 2.02. The molecule has 0 aliphatic rings. The van der Waals surface area contributed by atoms with Crippen molar-refractivity contribution in [2.75, 3.05) is 5.75 Å². The van der Waals surface area contributed by atoms with E-state index in [4.69, 9.17) is 4.55 Å². The second kappa shape index (κ2) is 19.4. The molecule has 0 heterocycles. The third-order valence-electron chi connectivity index (χ3n) is 3.96. The van der Waals surface area contributed by atoms with E-state index in [1.54, 1.807) is 0 Å². The molecule has 6 heteroatoms. The van der Waals surface area contributed by atoms with Crippen LogP contribution in [0.15, 0.2) is 12.7 Å². The minimum atomic E-state index is -3.74. The Morgan fingerprint density at radius 2 is 1.12 bits per heavy atom. The van der Waals surface area contributed by atoms with Crippen molar-refractivity contribution < 1.29 is 17.8 Å². The monoisotopic (exact) mass is 377 g/mol. The summed E-state index contributed by atoms with van der Waals surface area (Å²) in [4.78, 5) is 9.47. The largest absolute Gasteiger partial charge is 0.366 e. The van der Waals surface area contributed by atoms with Gasteiger partial charge in [0.25, 0.3) is 10.1 Å². The molecule has 5 nitrogen and oxygen atoms in total. The topological polar surface area (TPSA) is 97.5 Å². The maximum Gasteiger partial charge on any atom is 0.264 e. The van der Waals surface area contributed by atoms with Crippen LogP contribution in [-0.4, -0.2) is 24.6 Å². The van der Waals surface area contributed by atoms with Crippen LogP contribution in [0.1, 0.15) is 96.8 Å². The summed E-state index contributed by atoms with van der Waals surface area (Å²) in [5.74, 6) is -0.560. The third kappa shape index (κ3) is 31.4. The molecule has 0 rings (SSSR count). The molecule has 0 atom stereocenters. The highest BCUT2D eigenvalue weighted by Crippen LogP contribution is 2.13. The number of hydrogen-bond donors (Lipinski definition) is 2. The molecule has 0 spiro atoms. The molecule has 150 valence electrons. The van der Waals surface area contributed by atoms with Crippen LogP contribution in [0, 0.1) is 0 Å². The number of rotatable bonds is 16. The Kier molecular flexibility index (Phi) is 20.5. The number of nitrogens with two attached hydrogens (primary N) is 1. The quantitative estimate of drug-likeness (QED) is 0.224. The van der Waals surface area contributed by atoms with Gasteiger partial charge in [-0.2, -0.15) is 8.42 Å². The fraction of sp³-hybridized carbons (Fsp3) is 0.842. The number of hydrogen-bond acceptors (Lipinski definition) is 3. The van der Waals surface area contributed by atoms with Crippen LogP contribution < -0.4 is 5.73 Å². The minimum Gasteiger partial charge on any atom is -0.366 e. The Hall–Kier alpha value is -0.880. The third-order valence-corrected chi connectivity index (χ3v) is 4.76. The highest BCUT2D eigenvalue weighted by atomic mass is 32.2. The van der Waals surface area contributed by atoms with Gasteiger partial charge in [-0.05, 0) is 12.5 Å². The van der Waals surface area contributed by atoms with E-state index >= 15 is 0 Å². The van der Waals surface area contributed by atoms with E-state index in [1.807, 2.05) is 0 Å². The van der Waals surface area contributed by atoms with Crippen molar-refractivity contribution in [3.63, 3.8) is 0 Å². The number of carbonyl (C=O) groups excluding carboxylic acids is 1. The number of amides is 1. The summed E-state index contributed by atoms with van der Waals surface area (Å²) < 4.78 is 29.6. The molecule has 3 N–H and O–H groups in total. The first-order valence-corrected chi connectivity index (χ1v) is 11.3. The maximum atomic E-state index is 10.5. The smallest absolute Gasteiger partial charge is 0.264 e. The zero-order chi connectivity index (χ0) is 19.4. The van der Waals surface area contributed by atoms with Gasteiger partial charge in [-0.1, -0.05) is 97.0 Å². The zero-order valence-corrected chi connectivity index (χ0v) is 16.9. The van der Waals surface area contributed by atoms with E-state index in [0.29, 0.717) is 6.42 Å². The van der Waals surface area contributed by atoms with Crippen molar-refractivity contribution in [2.45, 2.75) is 96.8 Å². The van der Waals surface area contributed by atoms with E-state index in [-0.39, 0.29) is 5.75 Å². The molecule has 0 radical (unpaired) electrons. The molecule has 1 amide bonds. The lowest BCUT2D eigenvalue weighted by molar-refractivity contribution is -0.113. The number of primary amides is 1. The first kappa shape index (κ1) is 26.4. The summed E-state index contributed by atoms with van der Waals surface area (Å²) in [6.45, 7) is 5.34. The van der Waals surface area contributed by atoms with Gasteiger partial charge in [0.05, 0.1) is 5.75 Å². The summed E-state index contributed by atoms with van der Waals surface area (Å²) in [5, 5.41) is 0. The highest BCUT2D eigenvalue weighted by molar-refractivity contribution is 7.85. The van der Waals surface area contributed by atoms with Gasteiger partial charge in [-0.3, -0.25) is 9.35 Å². The first-order valence-electron chi connectivity index (χ1n) is 9.70. The van der Waals surface area contributed by atoms with Gasteiger partial charge in [-0.25, -0.2) is 0 Å². The molecule has 0 aliphatic carbocycles. The number of carbonyl (C=O) groups is 1. The Morgan fingerprint density at radius 1 is 0.840 bits per heavy atom. The van der Waals surface area contributed by atoms with Gasteiger partial charge in [0.2, 0.25) is 5.91 Å². The van der Waals surface area contributed by atoms with Gasteiger partial charge in [-0.15, -0.1) is 0 Å². The summed E-state index contributed by atoms with van der Waals surface area (Å²) in [5.41, 5.74) is 4.53. The van der Waals surface area contributed by atoms with Gasteiger partial charge in [0.1, 0.15) is 0 Å². The van der Waals surface area contributed by atoms with Crippen molar-refractivity contribution in [3.8, 4) is 0 Å². The Morgan fingerprint density at radius 3 is 1.36 bits per heavy atom. The number of unbranched alkanes of at least 4 members (excludes halogenated alkanes) is 13. The second-order valence-corrected chi connectivity index (χ2v) is 8.06. The molecule has 0 fully saturated rings. The van der Waals surface area contributed by atoms with E-state index in [9.17, 15) is 13.2 Å². The molecule has 0 saturated carbocycles. The molecular formula is C19H39NO4S. The van der Waals surface area contributed by atoms with Crippen LogP contribution in [-0.2, 0) is 14.9 Å². The Balaban J connectivity index is 0. The molecule has 0 aliphatic heterocycles. The molecular weight excluding hydrogens is 338 g/mol. The van der Waals surface area contributed by atoms with Crippen molar-refractivity contribution in [3.05, 3.63) is 12.7 Å². The van der Waals surface area contributed by atoms with Crippen LogP contribution in [0.4, 0.5) is 0 Å². The zero-order valence-electron chi connectivity index (χ0n) is 16.0. The fourth-order valence-electron chi connectivity index (χ4n) is 2.48. The van der Waals surface area contributed by atoms with Crippen molar-refractivity contribution in [2.24, 2.45) is 5.73 Å². The van der Waals surface area contributed by atoms with Crippen LogP contribution in [0.5, 0.6) is 0 Å². The molecule has 0 aromatic rings. The Labute approximate surface area is 155 Å². The SMILES string of the molecule is C=CC(N)=O.CCCCCCCCCCCCCCCCS(=O)(=O)O. The van der Waals surface area contributed by atoms with Gasteiger partial charge >= 0.3 is 0 Å². The van der Waals surface area contributed by atoms with Crippen molar-refractivity contribution >= 4 is 16.0 Å². The predicted octanol–water partition coefficient (Wildman–Crippen LogP) is 5.01. The van der Waals surface area contributed by atoms with Gasteiger partial charge < -0.3 is 5.73 Å². The van der Waals surface area contributed by atoms with Crippen molar-refractivity contribution in [1.29, 1.82) is 0 Å². The average molecular weight is 378 g/mol. The van der Waals surface area contributed by atoms with E-state index in [1.165, 1.54) is 70.6 Å².